The molecule has 1 fully saturated rings. The van der Waals surface area contributed by atoms with Gasteiger partial charge in [0.25, 0.3) is 7.82 Å². The molecule has 232 valence electrons. The van der Waals surface area contributed by atoms with Gasteiger partial charge >= 0.3 is 0 Å². The molecule has 0 spiro atoms. The minimum Gasteiger partial charge on any atom is -0.846 e. The van der Waals surface area contributed by atoms with Gasteiger partial charge in [0.1, 0.15) is 40.9 Å². The molecule has 44 heavy (non-hydrogen) atoms. The Balaban J connectivity index is 1.60. The normalized spacial score (nSPS) is 21.5. The Hall–Kier alpha value is -4.07. The van der Waals surface area contributed by atoms with E-state index < -0.39 is 44.0 Å². The number of nitrogens with one attached hydrogen (secondary N) is 1. The van der Waals surface area contributed by atoms with Crippen molar-refractivity contribution in [1.82, 2.24) is 9.55 Å². The molecule has 0 bridgehead atoms. The zero-order valence-electron chi connectivity index (χ0n) is 23.7. The fourth-order valence-electron chi connectivity index (χ4n) is 5.26. The topological polar surface area (TPSA) is 191 Å². The monoisotopic (exact) mass is 623 g/mol. The fourth-order valence-corrected chi connectivity index (χ4v) is 5.82. The third-order valence-electron chi connectivity index (χ3n) is 7.31. The van der Waals surface area contributed by atoms with E-state index in [1.54, 1.807) is 38.5 Å². The summed E-state index contributed by atoms with van der Waals surface area (Å²) < 4.78 is 41.1. The number of phosphoric ester groups is 1. The van der Waals surface area contributed by atoms with Crippen LogP contribution < -0.4 is 25.0 Å². The van der Waals surface area contributed by atoms with Crippen molar-refractivity contribution in [2.24, 2.45) is 0 Å². The molecular formula is C30H30N3O10P-2. The van der Waals surface area contributed by atoms with Crippen LogP contribution in [0.25, 0.3) is 0 Å². The molecule has 1 unspecified atom stereocenters. The predicted octanol–water partition coefficient (Wildman–Crippen LogP) is 1.57. The average Bonchev–Trinajstić information content (AvgIpc) is 3.31. The van der Waals surface area contributed by atoms with Gasteiger partial charge in [-0.25, -0.2) is 4.98 Å². The first-order valence-corrected chi connectivity index (χ1v) is 14.9. The molecular weight excluding hydrogens is 593 g/mol. The fraction of sp³-hybridized carbons (Fsp3) is 0.267. The van der Waals surface area contributed by atoms with Crippen LogP contribution in [0.3, 0.4) is 0 Å². The summed E-state index contributed by atoms with van der Waals surface area (Å²) in [5, 5.41) is 31.2. The zero-order chi connectivity index (χ0) is 31.5. The molecule has 0 radical (unpaired) electrons. The van der Waals surface area contributed by atoms with Gasteiger partial charge in [0.15, 0.2) is 6.23 Å². The summed E-state index contributed by atoms with van der Waals surface area (Å²) in [5.41, 5.74) is 0.404. The molecule has 4 aromatic rings. The molecule has 5 atom stereocenters. The van der Waals surface area contributed by atoms with Crippen molar-refractivity contribution >= 4 is 7.82 Å². The van der Waals surface area contributed by atoms with Crippen LogP contribution in [-0.2, 0) is 24.2 Å². The van der Waals surface area contributed by atoms with Crippen molar-refractivity contribution in [2.75, 3.05) is 20.8 Å². The quantitative estimate of drug-likeness (QED) is 0.162. The number of ether oxygens (including phenoxy) is 4. The van der Waals surface area contributed by atoms with Crippen LogP contribution in [0.2, 0.25) is 0 Å². The molecule has 3 N–H and O–H groups in total. The SMILES string of the molecule is COc1ccc(C(OC[C@H]2O[C@@H](n3ccc(=N)nc3[O-])[C@H](O)[C@@H]2OP(=O)([O-])O)(c2ccccc2)c2ccc(OC)cc2)cc1. The van der Waals surface area contributed by atoms with Gasteiger partial charge in [-0.05, 0) is 47.0 Å². The molecule has 1 aliphatic rings. The van der Waals surface area contributed by atoms with E-state index in [0.717, 1.165) is 4.57 Å². The highest BCUT2D eigenvalue weighted by Gasteiger charge is 2.49. The number of aromatic nitrogens is 2. The Morgan fingerprint density at radius 1 is 0.955 bits per heavy atom. The van der Waals surface area contributed by atoms with Crippen LogP contribution in [0.5, 0.6) is 17.5 Å². The molecule has 2 heterocycles. The third-order valence-corrected chi connectivity index (χ3v) is 7.82. The van der Waals surface area contributed by atoms with Crippen LogP contribution in [0, 0.1) is 5.41 Å². The molecule has 14 heteroatoms. The summed E-state index contributed by atoms with van der Waals surface area (Å²) in [6.45, 7) is -0.385. The van der Waals surface area contributed by atoms with E-state index >= 15 is 0 Å². The van der Waals surface area contributed by atoms with E-state index in [9.17, 15) is 24.6 Å². The minimum absolute atomic E-state index is 0.308. The molecule has 0 amide bonds. The maximum Gasteiger partial charge on any atom is 0.265 e. The molecule has 13 nitrogen and oxygen atoms in total. The lowest BCUT2D eigenvalue weighted by Crippen LogP contribution is -2.41. The van der Waals surface area contributed by atoms with Gasteiger partial charge in [-0.3, -0.25) is 9.97 Å². The van der Waals surface area contributed by atoms with E-state index in [2.05, 4.69) is 4.98 Å². The molecule has 5 rings (SSSR count). The maximum atomic E-state index is 12.5. The number of hydrogen-bond donors (Lipinski definition) is 3. The van der Waals surface area contributed by atoms with Crippen LogP contribution >= 0.6 is 7.82 Å². The molecule has 1 aromatic heterocycles. The smallest absolute Gasteiger partial charge is 0.265 e. The minimum atomic E-state index is -5.39. The average molecular weight is 624 g/mol. The zero-order valence-corrected chi connectivity index (χ0v) is 24.6. The highest BCUT2D eigenvalue weighted by Crippen LogP contribution is 2.45. The number of aliphatic hydroxyl groups excluding tert-OH is 1. The van der Waals surface area contributed by atoms with Gasteiger partial charge < -0.3 is 48.0 Å². The lowest BCUT2D eigenvalue weighted by Gasteiger charge is -2.37. The van der Waals surface area contributed by atoms with E-state index in [0.29, 0.717) is 28.2 Å². The second-order valence-corrected chi connectivity index (χ2v) is 11.1. The van der Waals surface area contributed by atoms with Crippen LogP contribution in [0.1, 0.15) is 22.9 Å². The Kier molecular flexibility index (Phi) is 9.18. The number of benzene rings is 3. The Morgan fingerprint density at radius 2 is 1.50 bits per heavy atom. The Labute approximate surface area is 252 Å². The largest absolute Gasteiger partial charge is 0.846 e. The van der Waals surface area contributed by atoms with Gasteiger partial charge in [-0.15, -0.1) is 0 Å². The van der Waals surface area contributed by atoms with Gasteiger partial charge in [0.2, 0.25) is 0 Å². The summed E-state index contributed by atoms with van der Waals surface area (Å²) in [5.74, 6) is 1.21. The number of hydrogen-bond acceptors (Lipinski definition) is 11. The van der Waals surface area contributed by atoms with E-state index in [1.165, 1.54) is 12.3 Å². The van der Waals surface area contributed by atoms with Gasteiger partial charge in [0.05, 0.1) is 26.8 Å². The molecule has 1 aliphatic heterocycles. The van der Waals surface area contributed by atoms with Crippen LogP contribution in [0.15, 0.2) is 91.1 Å². The lowest BCUT2D eigenvalue weighted by molar-refractivity contribution is -0.292. The van der Waals surface area contributed by atoms with Crippen LogP contribution in [0.4, 0.5) is 0 Å². The van der Waals surface area contributed by atoms with Crippen molar-refractivity contribution in [3.05, 3.63) is 113 Å². The summed E-state index contributed by atoms with van der Waals surface area (Å²) in [6.07, 6.45) is -5.01. The number of nitrogens with zero attached hydrogens (tertiary/aromatic N) is 2. The second kappa shape index (κ2) is 12.9. The number of methoxy groups -OCH3 is 2. The van der Waals surface area contributed by atoms with E-state index in [4.69, 9.17) is 28.9 Å². The summed E-state index contributed by atoms with van der Waals surface area (Å²) >= 11 is 0. The Bertz CT molecular complexity index is 1610. The van der Waals surface area contributed by atoms with Gasteiger partial charge in [-0.1, -0.05) is 54.6 Å². The first kappa shape index (κ1) is 31.4. The van der Waals surface area contributed by atoms with Crippen LogP contribution in [-0.4, -0.2) is 58.7 Å². The summed E-state index contributed by atoms with van der Waals surface area (Å²) in [7, 11) is -2.29. The van der Waals surface area contributed by atoms with E-state index in [-0.39, 0.29) is 12.1 Å². The highest BCUT2D eigenvalue weighted by molar-refractivity contribution is 7.44. The van der Waals surface area contributed by atoms with Crippen molar-refractivity contribution in [1.29, 1.82) is 5.41 Å². The van der Waals surface area contributed by atoms with Gasteiger partial charge in [0, 0.05) is 6.20 Å². The van der Waals surface area contributed by atoms with E-state index in [1.807, 2.05) is 54.6 Å². The summed E-state index contributed by atoms with van der Waals surface area (Å²) in [6, 6.07) is 23.9. The standard InChI is InChI=1S/C30H32N3O10P/c1-39-22-12-8-20(9-13-22)30(19-6-4-3-5-7-19,21-10-14-23(40-2)15-11-21)41-18-24-27(43-44(36,37)38)26(34)28(42-24)33-17-16-25(31)32-29(33)35/h3-17,24,26-28,34H,18H2,1-2H3,(H2,31,32,35)(H2,36,37,38)/p-2/t24-,26-,27-,28-/m1/s1. The number of rotatable bonds is 11. The first-order valence-electron chi connectivity index (χ1n) is 13.4. The third kappa shape index (κ3) is 6.40. The van der Waals surface area contributed by atoms with Gasteiger partial charge in [-0.2, -0.15) is 0 Å². The molecule has 1 saturated heterocycles. The molecule has 3 aromatic carbocycles. The van der Waals surface area contributed by atoms with Crippen molar-refractivity contribution in [2.45, 2.75) is 30.1 Å². The van der Waals surface area contributed by atoms with Crippen molar-refractivity contribution in [3.8, 4) is 17.5 Å². The summed E-state index contributed by atoms with van der Waals surface area (Å²) in [4.78, 5) is 24.9. The predicted molar refractivity (Wildman–Crippen MR) is 150 cm³/mol. The molecule has 0 aliphatic carbocycles. The second-order valence-electron chi connectivity index (χ2n) is 9.91. The molecule has 0 saturated carbocycles. The number of aliphatic hydroxyl groups is 1. The maximum absolute atomic E-state index is 12.5. The van der Waals surface area contributed by atoms with Crippen molar-refractivity contribution in [3.63, 3.8) is 0 Å². The lowest BCUT2D eigenvalue weighted by atomic mass is 9.80. The Morgan fingerprint density at radius 3 is 2.00 bits per heavy atom. The highest BCUT2D eigenvalue weighted by atomic mass is 31.2. The first-order chi connectivity index (χ1) is 21.1. The van der Waals surface area contributed by atoms with Crippen molar-refractivity contribution < 1.29 is 48.0 Å². The number of phosphoric acid groups is 1.